The van der Waals surface area contributed by atoms with Crippen molar-refractivity contribution in [3.8, 4) is 0 Å². The number of rotatable bonds is 3. The maximum Gasteiger partial charge on any atom is 0.340 e. The van der Waals surface area contributed by atoms with Gasteiger partial charge in [-0.05, 0) is 19.1 Å². The van der Waals surface area contributed by atoms with E-state index in [0.717, 1.165) is 15.8 Å². The molecule has 0 radical (unpaired) electrons. The van der Waals surface area contributed by atoms with Crippen molar-refractivity contribution >= 4 is 39.6 Å². The number of fused-ring (bicyclic) bond motifs is 5. The first-order valence-electron chi connectivity index (χ1n) is 7.80. The Balaban J connectivity index is 2.15. The third-order valence-corrected chi connectivity index (χ3v) is 4.35. The van der Waals surface area contributed by atoms with Crippen LogP contribution in [0.25, 0.3) is 21.8 Å². The molecule has 0 spiro atoms. The molecule has 2 N–H and O–H groups in total. The number of carbonyl (C=O) groups is 3. The summed E-state index contributed by atoms with van der Waals surface area (Å²) in [7, 11) is 0. The topological polar surface area (TPSA) is 99.7 Å². The molecule has 126 valence electrons. The van der Waals surface area contributed by atoms with Crippen LogP contribution in [0.3, 0.4) is 0 Å². The van der Waals surface area contributed by atoms with Crippen LogP contribution in [0.5, 0.6) is 0 Å². The minimum Gasteiger partial charge on any atom is -0.462 e. The zero-order chi connectivity index (χ0) is 17.7. The highest BCUT2D eigenvalue weighted by atomic mass is 16.5. The number of aromatic nitrogens is 1. The third-order valence-electron chi connectivity index (χ3n) is 4.35. The fourth-order valence-corrected chi connectivity index (χ4v) is 3.29. The van der Waals surface area contributed by atoms with Crippen molar-refractivity contribution in [1.82, 2.24) is 9.88 Å². The lowest BCUT2D eigenvalue weighted by Crippen LogP contribution is -2.30. The van der Waals surface area contributed by atoms with Crippen molar-refractivity contribution in [1.29, 1.82) is 0 Å². The van der Waals surface area contributed by atoms with Gasteiger partial charge in [0.05, 0.1) is 28.8 Å². The Morgan fingerprint density at radius 2 is 2.00 bits per heavy atom. The lowest BCUT2D eigenvalue weighted by molar-refractivity contribution is 0.0488. The summed E-state index contributed by atoms with van der Waals surface area (Å²) < 4.78 is 5.09. The summed E-state index contributed by atoms with van der Waals surface area (Å²) in [6.45, 7) is 1.16. The van der Waals surface area contributed by atoms with Gasteiger partial charge in [-0.2, -0.15) is 0 Å². The molecule has 0 saturated heterocycles. The van der Waals surface area contributed by atoms with Gasteiger partial charge in [-0.15, -0.1) is 0 Å². The summed E-state index contributed by atoms with van der Waals surface area (Å²) in [5.41, 5.74) is 1.66. The average molecular weight is 338 g/mol. The van der Waals surface area contributed by atoms with E-state index in [1.54, 1.807) is 6.92 Å². The highest BCUT2D eigenvalue weighted by Gasteiger charge is 2.39. The molecule has 0 unspecified atom stereocenters. The van der Waals surface area contributed by atoms with Crippen LogP contribution in [0.15, 0.2) is 30.3 Å². The predicted molar refractivity (Wildman–Crippen MR) is 89.3 cm³/mol. The van der Waals surface area contributed by atoms with Crippen molar-refractivity contribution in [3.63, 3.8) is 0 Å². The van der Waals surface area contributed by atoms with E-state index in [0.29, 0.717) is 10.9 Å². The van der Waals surface area contributed by atoms with E-state index in [-0.39, 0.29) is 23.3 Å². The van der Waals surface area contributed by atoms with Crippen LogP contribution >= 0.6 is 0 Å². The molecule has 1 aliphatic rings. The number of imide groups is 1. The number of hydrogen-bond acceptors (Lipinski definition) is 5. The molecule has 0 aliphatic carbocycles. The van der Waals surface area contributed by atoms with Gasteiger partial charge in [-0.1, -0.05) is 18.2 Å². The van der Waals surface area contributed by atoms with E-state index in [1.807, 2.05) is 24.3 Å². The van der Waals surface area contributed by atoms with Crippen LogP contribution < -0.4 is 0 Å². The highest BCUT2D eigenvalue weighted by molar-refractivity contribution is 6.31. The van der Waals surface area contributed by atoms with Gasteiger partial charge in [-0.25, -0.2) is 4.79 Å². The molecule has 4 rings (SSSR count). The van der Waals surface area contributed by atoms with Gasteiger partial charge in [0, 0.05) is 16.3 Å². The summed E-state index contributed by atoms with van der Waals surface area (Å²) >= 11 is 0. The zero-order valence-corrected chi connectivity index (χ0v) is 13.3. The Hall–Kier alpha value is -3.19. The number of carbonyl (C=O) groups excluding carboxylic acids is 3. The number of amides is 2. The number of aliphatic hydroxyl groups excluding tert-OH is 1. The third kappa shape index (κ3) is 1.99. The van der Waals surface area contributed by atoms with E-state index in [4.69, 9.17) is 4.74 Å². The van der Waals surface area contributed by atoms with E-state index in [9.17, 15) is 19.5 Å². The van der Waals surface area contributed by atoms with Crippen LogP contribution in [-0.4, -0.2) is 46.1 Å². The SMILES string of the molecule is CCOC(=O)c1cc2c(c3c1[nH]c1ccccc13)C(=O)N(CO)C2=O. The fourth-order valence-electron chi connectivity index (χ4n) is 3.29. The number of hydrogen-bond donors (Lipinski definition) is 2. The van der Waals surface area contributed by atoms with Crippen molar-refractivity contribution < 1.29 is 24.2 Å². The first-order chi connectivity index (χ1) is 12.1. The minimum atomic E-state index is -0.717. The van der Waals surface area contributed by atoms with Crippen LogP contribution in [0, 0.1) is 0 Å². The van der Waals surface area contributed by atoms with Gasteiger partial charge in [0.15, 0.2) is 0 Å². The standard InChI is InChI=1S/C18H14N2O5/c1-2-25-18(24)11-7-10-14(17(23)20(8-21)16(10)22)13-9-5-3-4-6-12(9)19-15(11)13/h3-7,19,21H,2,8H2,1H3. The van der Waals surface area contributed by atoms with Crippen molar-refractivity contribution in [2.45, 2.75) is 6.92 Å². The van der Waals surface area contributed by atoms with Crippen molar-refractivity contribution in [2.75, 3.05) is 13.3 Å². The number of nitrogens with one attached hydrogen (secondary N) is 1. The Kier molecular flexibility index (Phi) is 3.33. The zero-order valence-electron chi connectivity index (χ0n) is 13.3. The molecule has 25 heavy (non-hydrogen) atoms. The Labute approximate surface area is 141 Å². The number of esters is 1. The van der Waals surface area contributed by atoms with Gasteiger partial charge < -0.3 is 14.8 Å². The van der Waals surface area contributed by atoms with Crippen LogP contribution in [0.2, 0.25) is 0 Å². The number of para-hydroxylation sites is 1. The predicted octanol–water partition coefficient (Wildman–Crippen LogP) is 2.04. The molecular formula is C18H14N2O5. The van der Waals surface area contributed by atoms with E-state index in [1.165, 1.54) is 6.07 Å². The lowest BCUT2D eigenvalue weighted by atomic mass is 9.98. The number of benzene rings is 2. The quantitative estimate of drug-likeness (QED) is 0.562. The van der Waals surface area contributed by atoms with Crippen LogP contribution in [-0.2, 0) is 4.74 Å². The maximum atomic E-state index is 12.6. The molecule has 7 nitrogen and oxygen atoms in total. The van der Waals surface area contributed by atoms with E-state index in [2.05, 4.69) is 4.98 Å². The summed E-state index contributed by atoms with van der Waals surface area (Å²) in [6, 6.07) is 8.63. The van der Waals surface area contributed by atoms with Gasteiger partial charge in [0.2, 0.25) is 0 Å². The number of H-pyrrole nitrogens is 1. The summed E-state index contributed by atoms with van der Waals surface area (Å²) in [5, 5.41) is 10.6. The second kappa shape index (κ2) is 5.42. The van der Waals surface area contributed by atoms with Crippen LogP contribution in [0.4, 0.5) is 0 Å². The molecule has 7 heteroatoms. The molecule has 1 aromatic heterocycles. The molecule has 1 aliphatic heterocycles. The summed E-state index contributed by atoms with van der Waals surface area (Å²) in [6.07, 6.45) is 0. The normalized spacial score (nSPS) is 13.8. The second-order valence-corrected chi connectivity index (χ2v) is 5.67. The summed E-state index contributed by atoms with van der Waals surface area (Å²) in [4.78, 5) is 41.3. The highest BCUT2D eigenvalue weighted by Crippen LogP contribution is 2.37. The first kappa shape index (κ1) is 15.3. The Bertz CT molecular complexity index is 1070. The van der Waals surface area contributed by atoms with Gasteiger partial charge in [0.25, 0.3) is 11.8 Å². The molecule has 0 bridgehead atoms. The Morgan fingerprint density at radius 1 is 1.24 bits per heavy atom. The molecule has 2 aromatic carbocycles. The monoisotopic (exact) mass is 338 g/mol. The minimum absolute atomic E-state index is 0.0966. The number of aromatic amines is 1. The number of ether oxygens (including phenoxy) is 1. The molecule has 2 heterocycles. The number of aliphatic hydroxyl groups is 1. The summed E-state index contributed by atoms with van der Waals surface area (Å²) in [5.74, 6) is -1.78. The average Bonchev–Trinajstić information content (AvgIpc) is 3.10. The van der Waals surface area contributed by atoms with Gasteiger partial charge >= 0.3 is 5.97 Å². The largest absolute Gasteiger partial charge is 0.462 e. The van der Waals surface area contributed by atoms with Crippen LogP contribution in [0.1, 0.15) is 38.0 Å². The van der Waals surface area contributed by atoms with E-state index < -0.39 is 24.5 Å². The molecule has 3 aromatic rings. The number of nitrogens with zero attached hydrogens (tertiary/aromatic N) is 1. The molecular weight excluding hydrogens is 324 g/mol. The second-order valence-electron chi connectivity index (χ2n) is 5.67. The molecule has 2 amide bonds. The maximum absolute atomic E-state index is 12.6. The lowest BCUT2D eigenvalue weighted by Gasteiger charge is -2.07. The molecule has 0 saturated carbocycles. The van der Waals surface area contributed by atoms with Crippen molar-refractivity contribution in [3.05, 3.63) is 47.0 Å². The Morgan fingerprint density at radius 3 is 2.72 bits per heavy atom. The van der Waals surface area contributed by atoms with Gasteiger partial charge in [-0.3, -0.25) is 14.5 Å². The van der Waals surface area contributed by atoms with E-state index >= 15 is 0 Å². The fraction of sp³-hybridized carbons (Fsp3) is 0.167. The van der Waals surface area contributed by atoms with Crippen molar-refractivity contribution in [2.24, 2.45) is 0 Å². The first-order valence-corrected chi connectivity index (χ1v) is 7.80. The molecule has 0 atom stereocenters. The smallest absolute Gasteiger partial charge is 0.340 e. The van der Waals surface area contributed by atoms with Gasteiger partial charge in [0.1, 0.15) is 6.73 Å². The molecule has 0 fully saturated rings.